The summed E-state index contributed by atoms with van der Waals surface area (Å²) in [5, 5.41) is 12.2. The molecule has 2 rings (SSSR count). The maximum Gasteiger partial charge on any atom is 0.335 e. The first-order valence-corrected chi connectivity index (χ1v) is 6.48. The second-order valence-corrected chi connectivity index (χ2v) is 6.43. The van der Waals surface area contributed by atoms with Crippen LogP contribution in [-0.2, 0) is 6.42 Å². The Morgan fingerprint density at radius 3 is 2.65 bits per heavy atom. The molecule has 0 radical (unpaired) electrons. The number of thiophene rings is 1. The first kappa shape index (κ1) is 12.1. The summed E-state index contributed by atoms with van der Waals surface area (Å²) in [6.07, 6.45) is 0.968. The van der Waals surface area contributed by atoms with Crippen molar-refractivity contribution >= 4 is 27.4 Å². The van der Waals surface area contributed by atoms with Crippen molar-refractivity contribution in [2.45, 2.75) is 27.2 Å². The van der Waals surface area contributed by atoms with Crippen LogP contribution in [-0.4, -0.2) is 11.1 Å². The highest BCUT2D eigenvalue weighted by molar-refractivity contribution is 7.17. The second-order valence-electron chi connectivity index (χ2n) is 5.51. The van der Waals surface area contributed by atoms with Gasteiger partial charge in [-0.05, 0) is 46.4 Å². The first-order chi connectivity index (χ1) is 7.87. The summed E-state index contributed by atoms with van der Waals surface area (Å²) in [5.74, 6) is -0.861. The Morgan fingerprint density at radius 2 is 2.06 bits per heavy atom. The molecule has 2 aromatic rings. The van der Waals surface area contributed by atoms with E-state index in [2.05, 4.69) is 26.2 Å². The summed E-state index contributed by atoms with van der Waals surface area (Å²) in [6.45, 7) is 6.58. The van der Waals surface area contributed by atoms with Crippen LogP contribution in [0.1, 0.15) is 36.7 Å². The average Bonchev–Trinajstić information content (AvgIpc) is 2.58. The van der Waals surface area contributed by atoms with Gasteiger partial charge >= 0.3 is 5.97 Å². The molecule has 3 heteroatoms. The van der Waals surface area contributed by atoms with Gasteiger partial charge in [0.05, 0.1) is 5.56 Å². The van der Waals surface area contributed by atoms with E-state index in [9.17, 15) is 4.79 Å². The third-order valence-electron chi connectivity index (χ3n) is 2.62. The number of carbonyl (C=O) groups is 1. The van der Waals surface area contributed by atoms with Crippen molar-refractivity contribution in [3.8, 4) is 0 Å². The second kappa shape index (κ2) is 4.15. The quantitative estimate of drug-likeness (QED) is 0.865. The molecule has 0 aliphatic rings. The van der Waals surface area contributed by atoms with Crippen LogP contribution in [0.5, 0.6) is 0 Å². The fraction of sp³-hybridized carbons (Fsp3) is 0.357. The number of hydrogen-bond acceptors (Lipinski definition) is 2. The van der Waals surface area contributed by atoms with Crippen LogP contribution >= 0.6 is 11.3 Å². The third-order valence-corrected chi connectivity index (χ3v) is 3.63. The largest absolute Gasteiger partial charge is 0.478 e. The number of fused-ring (bicyclic) bond motifs is 1. The Bertz CT molecular complexity index is 561. The van der Waals surface area contributed by atoms with Crippen LogP contribution < -0.4 is 0 Å². The SMILES string of the molecule is CC(C)(C)Cc1csc2ccc(C(=O)O)cc12. The van der Waals surface area contributed by atoms with Crippen molar-refractivity contribution < 1.29 is 9.90 Å². The molecule has 0 atom stereocenters. The van der Waals surface area contributed by atoms with Gasteiger partial charge in [0, 0.05) is 4.70 Å². The van der Waals surface area contributed by atoms with E-state index in [1.165, 1.54) is 5.56 Å². The van der Waals surface area contributed by atoms with Gasteiger partial charge in [-0.15, -0.1) is 11.3 Å². The Hall–Kier alpha value is -1.35. The van der Waals surface area contributed by atoms with E-state index in [-0.39, 0.29) is 5.41 Å². The van der Waals surface area contributed by atoms with E-state index in [0.29, 0.717) is 5.56 Å². The van der Waals surface area contributed by atoms with E-state index >= 15 is 0 Å². The maximum atomic E-state index is 11.0. The molecule has 0 aliphatic carbocycles. The highest BCUT2D eigenvalue weighted by atomic mass is 32.1. The molecule has 0 saturated heterocycles. The van der Waals surface area contributed by atoms with Crippen molar-refractivity contribution in [2.75, 3.05) is 0 Å². The van der Waals surface area contributed by atoms with Crippen molar-refractivity contribution in [1.82, 2.24) is 0 Å². The average molecular weight is 248 g/mol. The summed E-state index contributed by atoms with van der Waals surface area (Å²) >= 11 is 1.68. The molecule has 0 aliphatic heterocycles. The smallest absolute Gasteiger partial charge is 0.335 e. The van der Waals surface area contributed by atoms with Gasteiger partial charge in [-0.2, -0.15) is 0 Å². The number of carboxylic acid groups (broad SMARTS) is 1. The molecule has 1 heterocycles. The highest BCUT2D eigenvalue weighted by Crippen LogP contribution is 2.31. The van der Waals surface area contributed by atoms with Gasteiger partial charge in [-0.25, -0.2) is 4.79 Å². The van der Waals surface area contributed by atoms with Crippen molar-refractivity contribution in [2.24, 2.45) is 5.41 Å². The van der Waals surface area contributed by atoms with E-state index in [1.807, 2.05) is 6.07 Å². The minimum absolute atomic E-state index is 0.216. The Labute approximate surface area is 105 Å². The summed E-state index contributed by atoms with van der Waals surface area (Å²) in [4.78, 5) is 11.0. The first-order valence-electron chi connectivity index (χ1n) is 5.60. The molecule has 0 spiro atoms. The van der Waals surface area contributed by atoms with Crippen LogP contribution in [0.15, 0.2) is 23.6 Å². The van der Waals surface area contributed by atoms with Crippen LogP contribution in [0.2, 0.25) is 0 Å². The molecule has 1 N–H and O–H groups in total. The van der Waals surface area contributed by atoms with E-state index in [0.717, 1.165) is 16.5 Å². The predicted molar refractivity (Wildman–Crippen MR) is 71.9 cm³/mol. The van der Waals surface area contributed by atoms with Crippen molar-refractivity contribution in [3.05, 3.63) is 34.7 Å². The van der Waals surface area contributed by atoms with E-state index < -0.39 is 5.97 Å². The normalized spacial score (nSPS) is 11.9. The van der Waals surface area contributed by atoms with Gasteiger partial charge in [-0.3, -0.25) is 0 Å². The number of aromatic carboxylic acids is 1. The lowest BCUT2D eigenvalue weighted by Gasteiger charge is -2.17. The topological polar surface area (TPSA) is 37.3 Å². The Kier molecular flexibility index (Phi) is 2.96. The number of carboxylic acids is 1. The van der Waals surface area contributed by atoms with E-state index in [1.54, 1.807) is 23.5 Å². The summed E-state index contributed by atoms with van der Waals surface area (Å²) < 4.78 is 1.16. The molecule has 1 aromatic carbocycles. The van der Waals surface area contributed by atoms with E-state index in [4.69, 9.17) is 5.11 Å². The van der Waals surface area contributed by atoms with Crippen molar-refractivity contribution in [1.29, 1.82) is 0 Å². The zero-order valence-corrected chi connectivity index (χ0v) is 11.1. The molecule has 0 saturated carbocycles. The molecule has 90 valence electrons. The highest BCUT2D eigenvalue weighted by Gasteiger charge is 2.15. The Morgan fingerprint density at radius 1 is 1.35 bits per heavy atom. The predicted octanol–water partition coefficient (Wildman–Crippen LogP) is 4.19. The van der Waals surface area contributed by atoms with Gasteiger partial charge in [0.25, 0.3) is 0 Å². The van der Waals surface area contributed by atoms with Crippen molar-refractivity contribution in [3.63, 3.8) is 0 Å². The zero-order chi connectivity index (χ0) is 12.6. The lowest BCUT2D eigenvalue weighted by molar-refractivity contribution is 0.0697. The molecule has 0 bridgehead atoms. The van der Waals surface area contributed by atoms with Gasteiger partial charge < -0.3 is 5.11 Å². The molecular weight excluding hydrogens is 232 g/mol. The summed E-state index contributed by atoms with van der Waals surface area (Å²) in [7, 11) is 0. The van der Waals surface area contributed by atoms with Gasteiger partial charge in [0.15, 0.2) is 0 Å². The fourth-order valence-corrected chi connectivity index (χ4v) is 2.87. The number of hydrogen-bond donors (Lipinski definition) is 1. The van der Waals surface area contributed by atoms with Crippen LogP contribution in [0.4, 0.5) is 0 Å². The summed E-state index contributed by atoms with van der Waals surface area (Å²) in [6, 6.07) is 5.35. The summed E-state index contributed by atoms with van der Waals surface area (Å²) in [5.41, 5.74) is 1.83. The molecule has 2 nitrogen and oxygen atoms in total. The molecule has 0 unspecified atom stereocenters. The molecule has 17 heavy (non-hydrogen) atoms. The maximum absolute atomic E-state index is 11.0. The standard InChI is InChI=1S/C14H16O2S/c1-14(2,3)7-10-8-17-12-5-4-9(13(15)16)6-11(10)12/h4-6,8H,7H2,1-3H3,(H,15,16). The monoisotopic (exact) mass is 248 g/mol. The zero-order valence-electron chi connectivity index (χ0n) is 10.3. The minimum Gasteiger partial charge on any atom is -0.478 e. The molecule has 1 aromatic heterocycles. The van der Waals surface area contributed by atoms with Crippen LogP contribution in [0.3, 0.4) is 0 Å². The molecular formula is C14H16O2S. The van der Waals surface area contributed by atoms with Gasteiger partial charge in [-0.1, -0.05) is 20.8 Å². The fourth-order valence-electron chi connectivity index (χ4n) is 1.92. The van der Waals surface area contributed by atoms with Crippen LogP contribution in [0, 0.1) is 5.41 Å². The molecule has 0 amide bonds. The third kappa shape index (κ3) is 2.67. The van der Waals surface area contributed by atoms with Crippen LogP contribution in [0.25, 0.3) is 10.1 Å². The molecule has 0 fully saturated rings. The number of rotatable bonds is 2. The lowest BCUT2D eigenvalue weighted by atomic mass is 9.88. The van der Waals surface area contributed by atoms with Gasteiger partial charge in [0.2, 0.25) is 0 Å². The van der Waals surface area contributed by atoms with Gasteiger partial charge in [0.1, 0.15) is 0 Å². The Balaban J connectivity index is 2.50. The number of benzene rings is 1. The minimum atomic E-state index is -0.861. The lowest BCUT2D eigenvalue weighted by Crippen LogP contribution is -2.08.